The second kappa shape index (κ2) is 8.31. The van der Waals surface area contributed by atoms with Gasteiger partial charge < -0.3 is 14.5 Å². The minimum Gasteiger partial charge on any atom is -0.495 e. The molecule has 2 aromatic rings. The van der Waals surface area contributed by atoms with E-state index in [0.29, 0.717) is 6.04 Å². The van der Waals surface area contributed by atoms with Gasteiger partial charge in [0.2, 0.25) is 0 Å². The Kier molecular flexibility index (Phi) is 5.64. The van der Waals surface area contributed by atoms with E-state index in [9.17, 15) is 4.79 Å². The molecule has 1 amide bonds. The topological polar surface area (TPSA) is 36.0 Å². The van der Waals surface area contributed by atoms with E-state index in [2.05, 4.69) is 21.9 Å². The highest BCUT2D eigenvalue weighted by Crippen LogP contribution is 2.29. The number of piperazine rings is 1. The van der Waals surface area contributed by atoms with Crippen molar-refractivity contribution in [2.24, 2.45) is 0 Å². The van der Waals surface area contributed by atoms with Crippen molar-refractivity contribution in [3.8, 4) is 5.75 Å². The van der Waals surface area contributed by atoms with Gasteiger partial charge in [-0.25, -0.2) is 0 Å². The van der Waals surface area contributed by atoms with Crippen molar-refractivity contribution in [3.05, 3.63) is 46.7 Å². The molecule has 1 aromatic heterocycles. The number of carbonyl (C=O) groups excluding carboxylic acids is 1. The number of rotatable bonds is 4. The van der Waals surface area contributed by atoms with E-state index in [-0.39, 0.29) is 5.91 Å². The van der Waals surface area contributed by atoms with E-state index in [4.69, 9.17) is 4.74 Å². The lowest BCUT2D eigenvalue weighted by atomic mass is 10.0. The van der Waals surface area contributed by atoms with Gasteiger partial charge >= 0.3 is 0 Å². The number of carbonyl (C=O) groups is 1. The van der Waals surface area contributed by atoms with E-state index in [1.54, 1.807) is 7.11 Å². The second-order valence-corrected chi connectivity index (χ2v) is 8.17. The van der Waals surface area contributed by atoms with Crippen LogP contribution in [-0.4, -0.2) is 68.1 Å². The summed E-state index contributed by atoms with van der Waals surface area (Å²) in [7, 11) is 1.73. The Morgan fingerprint density at radius 1 is 1.07 bits per heavy atom. The Balaban J connectivity index is 1.36. The van der Waals surface area contributed by atoms with Crippen molar-refractivity contribution in [2.75, 3.05) is 51.3 Å². The van der Waals surface area contributed by atoms with Gasteiger partial charge in [-0.2, -0.15) is 0 Å². The first kappa shape index (κ1) is 18.3. The zero-order chi connectivity index (χ0) is 18.6. The first-order valence-corrected chi connectivity index (χ1v) is 10.6. The van der Waals surface area contributed by atoms with Gasteiger partial charge in [-0.1, -0.05) is 18.2 Å². The molecular weight excluding hydrogens is 358 g/mol. The minimum atomic E-state index is 0.197. The molecule has 0 N–H and O–H groups in total. The summed E-state index contributed by atoms with van der Waals surface area (Å²) in [6, 6.07) is 12.6. The summed E-state index contributed by atoms with van der Waals surface area (Å²) < 4.78 is 5.52. The Morgan fingerprint density at radius 2 is 1.89 bits per heavy atom. The van der Waals surface area contributed by atoms with E-state index < -0.39 is 0 Å². The van der Waals surface area contributed by atoms with Gasteiger partial charge in [-0.05, 0) is 36.4 Å². The largest absolute Gasteiger partial charge is 0.495 e. The third-order valence-corrected chi connectivity index (χ3v) is 6.53. The highest BCUT2D eigenvalue weighted by Gasteiger charge is 2.31. The summed E-state index contributed by atoms with van der Waals surface area (Å²) in [6.07, 6.45) is 2.28. The fourth-order valence-electron chi connectivity index (χ4n) is 4.21. The second-order valence-electron chi connectivity index (χ2n) is 7.22. The quantitative estimate of drug-likeness (QED) is 0.810. The van der Waals surface area contributed by atoms with Gasteiger partial charge in [0.05, 0.1) is 17.7 Å². The zero-order valence-electron chi connectivity index (χ0n) is 15.8. The number of amides is 1. The summed E-state index contributed by atoms with van der Waals surface area (Å²) in [4.78, 5) is 20.6. The average Bonchev–Trinajstić information content (AvgIpc) is 3.28. The van der Waals surface area contributed by atoms with E-state index >= 15 is 0 Å². The number of thiophene rings is 1. The summed E-state index contributed by atoms with van der Waals surface area (Å²) in [5.74, 6) is 1.14. The normalized spacial score (nSPS) is 21.3. The number of piperidine rings is 1. The Morgan fingerprint density at radius 3 is 2.63 bits per heavy atom. The molecule has 4 rings (SSSR count). The molecule has 1 atom stereocenters. The van der Waals surface area contributed by atoms with Gasteiger partial charge in [0.25, 0.3) is 5.91 Å². The maximum Gasteiger partial charge on any atom is 0.263 e. The molecule has 0 radical (unpaired) electrons. The van der Waals surface area contributed by atoms with Gasteiger partial charge in [0, 0.05) is 45.3 Å². The van der Waals surface area contributed by atoms with Crippen molar-refractivity contribution in [1.82, 2.24) is 9.80 Å². The van der Waals surface area contributed by atoms with Gasteiger partial charge in [-0.15, -0.1) is 11.3 Å². The van der Waals surface area contributed by atoms with Crippen LogP contribution in [0, 0.1) is 0 Å². The maximum absolute atomic E-state index is 12.7. The van der Waals surface area contributed by atoms with E-state index in [0.717, 1.165) is 56.3 Å². The third-order valence-electron chi connectivity index (χ3n) is 5.67. The fraction of sp³-hybridized carbons (Fsp3) is 0.476. The molecule has 2 saturated heterocycles. The predicted molar refractivity (Wildman–Crippen MR) is 110 cm³/mol. The number of para-hydroxylation sites is 2. The summed E-state index contributed by atoms with van der Waals surface area (Å²) in [5, 5.41) is 1.98. The summed E-state index contributed by atoms with van der Waals surface area (Å²) >= 11 is 1.54. The molecule has 2 fully saturated rings. The lowest BCUT2D eigenvalue weighted by Crippen LogP contribution is -2.55. The smallest absolute Gasteiger partial charge is 0.263 e. The molecule has 0 aliphatic carbocycles. The summed E-state index contributed by atoms with van der Waals surface area (Å²) in [6.45, 7) is 5.79. The monoisotopic (exact) mass is 385 g/mol. The Labute approximate surface area is 165 Å². The van der Waals surface area contributed by atoms with E-state index in [1.807, 2.05) is 34.5 Å². The van der Waals surface area contributed by atoms with Crippen LogP contribution in [0.5, 0.6) is 5.75 Å². The van der Waals surface area contributed by atoms with Crippen LogP contribution < -0.4 is 9.64 Å². The van der Waals surface area contributed by atoms with Crippen molar-refractivity contribution < 1.29 is 9.53 Å². The van der Waals surface area contributed by atoms with Crippen LogP contribution in [-0.2, 0) is 0 Å². The first-order valence-electron chi connectivity index (χ1n) is 9.71. The molecule has 0 spiro atoms. The molecular formula is C21H27N3O2S. The minimum absolute atomic E-state index is 0.197. The number of likely N-dealkylation sites (tertiary alicyclic amines) is 1. The van der Waals surface area contributed by atoms with Crippen LogP contribution in [0.4, 0.5) is 5.69 Å². The number of hydrogen-bond acceptors (Lipinski definition) is 5. The average molecular weight is 386 g/mol. The number of nitrogens with zero attached hydrogens (tertiary/aromatic N) is 3. The molecule has 0 saturated carbocycles. The molecule has 27 heavy (non-hydrogen) atoms. The van der Waals surface area contributed by atoms with Gasteiger partial charge in [0.15, 0.2) is 0 Å². The van der Waals surface area contributed by atoms with Crippen LogP contribution in [0.15, 0.2) is 41.8 Å². The summed E-state index contributed by atoms with van der Waals surface area (Å²) in [5.41, 5.74) is 1.18. The number of hydrogen-bond donors (Lipinski definition) is 0. The number of benzene rings is 1. The first-order chi connectivity index (χ1) is 13.3. The van der Waals surface area contributed by atoms with Crippen LogP contribution in [0.1, 0.15) is 22.5 Å². The highest BCUT2D eigenvalue weighted by atomic mass is 32.1. The van der Waals surface area contributed by atoms with Crippen molar-refractivity contribution in [3.63, 3.8) is 0 Å². The molecule has 1 aromatic carbocycles. The van der Waals surface area contributed by atoms with Gasteiger partial charge in [-0.3, -0.25) is 9.69 Å². The number of methoxy groups -OCH3 is 1. The molecule has 5 nitrogen and oxygen atoms in total. The van der Waals surface area contributed by atoms with Crippen LogP contribution in [0.2, 0.25) is 0 Å². The molecule has 1 unspecified atom stereocenters. The van der Waals surface area contributed by atoms with Crippen molar-refractivity contribution in [1.29, 1.82) is 0 Å². The maximum atomic E-state index is 12.7. The predicted octanol–water partition coefficient (Wildman–Crippen LogP) is 3.18. The Bertz CT molecular complexity index is 757. The number of ether oxygens (including phenoxy) is 1. The van der Waals surface area contributed by atoms with Crippen molar-refractivity contribution in [2.45, 2.75) is 18.9 Å². The van der Waals surface area contributed by atoms with Crippen LogP contribution in [0.25, 0.3) is 0 Å². The molecule has 2 aliphatic rings. The third kappa shape index (κ3) is 3.96. The SMILES string of the molecule is COc1ccccc1N1CCN(C2CCCN(C(=O)c3cccs3)C2)CC1. The van der Waals surface area contributed by atoms with Crippen LogP contribution >= 0.6 is 11.3 Å². The van der Waals surface area contributed by atoms with Crippen molar-refractivity contribution >= 4 is 22.9 Å². The lowest BCUT2D eigenvalue weighted by molar-refractivity contribution is 0.0567. The Hall–Kier alpha value is -2.05. The van der Waals surface area contributed by atoms with Crippen LogP contribution in [0.3, 0.4) is 0 Å². The number of anilines is 1. The molecule has 144 valence electrons. The molecule has 0 bridgehead atoms. The zero-order valence-corrected chi connectivity index (χ0v) is 16.7. The molecule has 2 aliphatic heterocycles. The standard InChI is InChI=1S/C21H27N3O2S/c1-26-19-8-3-2-7-18(19)23-13-11-22(12-14-23)17-6-4-10-24(16-17)21(25)20-9-5-15-27-20/h2-3,5,7-9,15,17H,4,6,10-14,16H2,1H3. The fourth-order valence-corrected chi connectivity index (χ4v) is 4.90. The molecule has 3 heterocycles. The van der Waals surface area contributed by atoms with E-state index in [1.165, 1.54) is 23.4 Å². The lowest BCUT2D eigenvalue weighted by Gasteiger charge is -2.44. The van der Waals surface area contributed by atoms with Gasteiger partial charge in [0.1, 0.15) is 5.75 Å². The highest BCUT2D eigenvalue weighted by molar-refractivity contribution is 7.12. The molecule has 6 heteroatoms.